The normalized spacial score (nSPS) is 18.4. The van der Waals surface area contributed by atoms with Gasteiger partial charge in [0.05, 0.1) is 0 Å². The van der Waals surface area contributed by atoms with Gasteiger partial charge in [0.1, 0.15) is 12.5 Å². The minimum absolute atomic E-state index is 0.124. The summed E-state index contributed by atoms with van der Waals surface area (Å²) in [7, 11) is 0. The van der Waals surface area contributed by atoms with Crippen molar-refractivity contribution >= 4 is 11.8 Å². The second-order valence-corrected chi connectivity index (χ2v) is 4.03. The van der Waals surface area contributed by atoms with E-state index in [4.69, 9.17) is 4.74 Å². The Kier molecular flexibility index (Phi) is 3.38. The summed E-state index contributed by atoms with van der Waals surface area (Å²) in [6.45, 7) is 3.63. The van der Waals surface area contributed by atoms with Gasteiger partial charge in [-0.05, 0) is 18.4 Å². The van der Waals surface area contributed by atoms with Crippen LogP contribution in [0.1, 0.15) is 22.3 Å². The van der Waals surface area contributed by atoms with E-state index in [0.717, 1.165) is 12.0 Å². The van der Waals surface area contributed by atoms with Gasteiger partial charge in [-0.1, -0.05) is 36.9 Å². The molecule has 1 aromatic carbocycles. The van der Waals surface area contributed by atoms with Crippen LogP contribution in [0.5, 0.6) is 0 Å². The summed E-state index contributed by atoms with van der Waals surface area (Å²) in [4.78, 5) is 23.8. The molecule has 0 spiro atoms. The molecule has 88 valence electrons. The van der Waals surface area contributed by atoms with Gasteiger partial charge in [-0.2, -0.15) is 0 Å². The molecule has 3 heteroatoms. The van der Waals surface area contributed by atoms with E-state index in [0.29, 0.717) is 12.0 Å². The van der Waals surface area contributed by atoms with Crippen molar-refractivity contribution in [2.24, 2.45) is 5.92 Å². The Hall–Kier alpha value is -1.90. The maximum atomic E-state index is 12.1. The van der Waals surface area contributed by atoms with Crippen molar-refractivity contribution in [1.29, 1.82) is 0 Å². The number of rotatable bonds is 3. The number of Topliss-reactive ketones (excluding diaryl/α,β-unsaturated/α-hetero) is 1. The molecule has 1 unspecified atom stereocenters. The molecule has 1 aliphatic carbocycles. The summed E-state index contributed by atoms with van der Waals surface area (Å²) in [5.41, 5.74) is 1.67. The maximum absolute atomic E-state index is 12.1. The van der Waals surface area contributed by atoms with Gasteiger partial charge >= 0.3 is 5.97 Å². The van der Waals surface area contributed by atoms with E-state index < -0.39 is 11.9 Å². The molecular weight excluding hydrogens is 216 g/mol. The van der Waals surface area contributed by atoms with E-state index in [-0.39, 0.29) is 12.4 Å². The average Bonchev–Trinajstić information content (AvgIpc) is 2.37. The van der Waals surface area contributed by atoms with Crippen LogP contribution in [0.2, 0.25) is 0 Å². The van der Waals surface area contributed by atoms with Crippen LogP contribution in [-0.4, -0.2) is 18.4 Å². The highest BCUT2D eigenvalue weighted by Gasteiger charge is 2.33. The molecular formula is C14H14O3. The Labute approximate surface area is 100 Å². The van der Waals surface area contributed by atoms with Gasteiger partial charge in [0.25, 0.3) is 0 Å². The number of hydrogen-bond donors (Lipinski definition) is 0. The Morgan fingerprint density at radius 2 is 2.24 bits per heavy atom. The van der Waals surface area contributed by atoms with Gasteiger partial charge in [-0.25, -0.2) is 0 Å². The van der Waals surface area contributed by atoms with Crippen LogP contribution in [0.15, 0.2) is 36.9 Å². The van der Waals surface area contributed by atoms with Gasteiger partial charge in [-0.15, -0.1) is 0 Å². The molecule has 0 saturated carbocycles. The van der Waals surface area contributed by atoms with Crippen LogP contribution in [-0.2, 0) is 16.0 Å². The number of aryl methyl sites for hydroxylation is 1. The molecule has 0 radical (unpaired) electrons. The Bertz CT molecular complexity index is 462. The van der Waals surface area contributed by atoms with E-state index in [2.05, 4.69) is 6.58 Å². The van der Waals surface area contributed by atoms with Crippen molar-refractivity contribution in [3.8, 4) is 0 Å². The lowest BCUT2D eigenvalue weighted by molar-refractivity contribution is -0.145. The van der Waals surface area contributed by atoms with Crippen molar-refractivity contribution in [2.75, 3.05) is 6.61 Å². The predicted octanol–water partition coefficient (Wildman–Crippen LogP) is 2.16. The van der Waals surface area contributed by atoms with Gasteiger partial charge in [0.15, 0.2) is 5.78 Å². The minimum atomic E-state index is -0.648. The first-order valence-electron chi connectivity index (χ1n) is 5.63. The van der Waals surface area contributed by atoms with Crippen LogP contribution >= 0.6 is 0 Å². The molecule has 1 atom stereocenters. The third-order valence-corrected chi connectivity index (χ3v) is 2.93. The highest BCUT2D eigenvalue weighted by molar-refractivity contribution is 6.10. The third-order valence-electron chi connectivity index (χ3n) is 2.93. The van der Waals surface area contributed by atoms with Gasteiger partial charge in [-0.3, -0.25) is 9.59 Å². The first-order chi connectivity index (χ1) is 8.24. The molecule has 0 N–H and O–H groups in total. The highest BCUT2D eigenvalue weighted by Crippen LogP contribution is 2.26. The minimum Gasteiger partial charge on any atom is -0.461 e. The van der Waals surface area contributed by atoms with E-state index in [9.17, 15) is 9.59 Å². The fourth-order valence-electron chi connectivity index (χ4n) is 2.06. The molecule has 17 heavy (non-hydrogen) atoms. The zero-order chi connectivity index (χ0) is 12.3. The average molecular weight is 230 g/mol. The number of ether oxygens (including phenoxy) is 1. The second kappa shape index (κ2) is 4.95. The fourth-order valence-corrected chi connectivity index (χ4v) is 2.06. The van der Waals surface area contributed by atoms with Crippen LogP contribution in [0.3, 0.4) is 0 Å². The summed E-state index contributed by atoms with van der Waals surface area (Å²) in [5, 5.41) is 0. The van der Waals surface area contributed by atoms with E-state index in [1.165, 1.54) is 6.08 Å². The number of benzene rings is 1. The lowest BCUT2D eigenvalue weighted by atomic mass is 9.83. The summed E-state index contributed by atoms with van der Waals surface area (Å²) < 4.78 is 4.94. The standard InChI is InChI=1S/C14H14O3/c1-2-9-17-14(16)12-8-7-10-5-3-4-6-11(10)13(12)15/h2-6,12H,1,7-9H2. The van der Waals surface area contributed by atoms with E-state index in [1.807, 2.05) is 18.2 Å². The van der Waals surface area contributed by atoms with Crippen LogP contribution in [0.25, 0.3) is 0 Å². The Morgan fingerprint density at radius 3 is 3.00 bits per heavy atom. The fraction of sp³-hybridized carbons (Fsp3) is 0.286. The lowest BCUT2D eigenvalue weighted by Gasteiger charge is -2.21. The number of esters is 1. The summed E-state index contributed by atoms with van der Waals surface area (Å²) in [5.74, 6) is -1.21. The molecule has 0 heterocycles. The summed E-state index contributed by atoms with van der Waals surface area (Å²) in [6.07, 6.45) is 2.78. The molecule has 0 fully saturated rings. The Morgan fingerprint density at radius 1 is 1.47 bits per heavy atom. The molecule has 0 bridgehead atoms. The summed E-state index contributed by atoms with van der Waals surface area (Å²) in [6, 6.07) is 7.42. The van der Waals surface area contributed by atoms with Gasteiger partial charge < -0.3 is 4.74 Å². The quantitative estimate of drug-likeness (QED) is 0.454. The topological polar surface area (TPSA) is 43.4 Å². The van der Waals surface area contributed by atoms with Crippen molar-refractivity contribution < 1.29 is 14.3 Å². The predicted molar refractivity (Wildman–Crippen MR) is 63.7 cm³/mol. The van der Waals surface area contributed by atoms with Crippen molar-refractivity contribution in [3.63, 3.8) is 0 Å². The highest BCUT2D eigenvalue weighted by atomic mass is 16.5. The first-order valence-corrected chi connectivity index (χ1v) is 5.63. The lowest BCUT2D eigenvalue weighted by Crippen LogP contribution is -2.30. The Balaban J connectivity index is 2.17. The van der Waals surface area contributed by atoms with Crippen molar-refractivity contribution in [1.82, 2.24) is 0 Å². The van der Waals surface area contributed by atoms with Crippen molar-refractivity contribution in [3.05, 3.63) is 48.0 Å². The molecule has 2 rings (SSSR count). The molecule has 3 nitrogen and oxygen atoms in total. The zero-order valence-corrected chi connectivity index (χ0v) is 9.52. The SMILES string of the molecule is C=CCOC(=O)C1CCc2ccccc2C1=O. The zero-order valence-electron chi connectivity index (χ0n) is 9.52. The smallest absolute Gasteiger partial charge is 0.317 e. The molecule has 0 amide bonds. The number of ketones is 1. The van der Waals surface area contributed by atoms with E-state index >= 15 is 0 Å². The van der Waals surface area contributed by atoms with Gasteiger partial charge in [0.2, 0.25) is 0 Å². The molecule has 0 saturated heterocycles. The number of carbonyl (C=O) groups excluding carboxylic acids is 2. The maximum Gasteiger partial charge on any atom is 0.317 e. The third kappa shape index (κ3) is 2.28. The largest absolute Gasteiger partial charge is 0.461 e. The van der Waals surface area contributed by atoms with Crippen molar-refractivity contribution in [2.45, 2.75) is 12.8 Å². The summed E-state index contributed by atoms with van der Waals surface area (Å²) >= 11 is 0. The second-order valence-electron chi connectivity index (χ2n) is 4.03. The van der Waals surface area contributed by atoms with Gasteiger partial charge in [0, 0.05) is 5.56 Å². The molecule has 0 aliphatic heterocycles. The molecule has 0 aromatic heterocycles. The van der Waals surface area contributed by atoms with Crippen LogP contribution in [0, 0.1) is 5.92 Å². The number of hydrogen-bond acceptors (Lipinski definition) is 3. The van der Waals surface area contributed by atoms with Crippen LogP contribution < -0.4 is 0 Å². The molecule has 1 aliphatic rings. The van der Waals surface area contributed by atoms with Crippen LogP contribution in [0.4, 0.5) is 0 Å². The molecule has 1 aromatic rings. The van der Waals surface area contributed by atoms with E-state index in [1.54, 1.807) is 6.07 Å². The number of fused-ring (bicyclic) bond motifs is 1. The first kappa shape index (κ1) is 11.6. The monoisotopic (exact) mass is 230 g/mol. The number of carbonyl (C=O) groups is 2.